The Morgan fingerprint density at radius 3 is 2.27 bits per heavy atom. The standard InChI is InChI=1S/C36H59NO3.ClH/c1-24(2)25-12-17-36(31(39)40-23-22-37-20-8-9-21-37)19-18-34(6)26(30(25)36)10-11-28-33(5)15-14-29(38)32(3,4)27(33)13-16-35(28,34)7;/h25-30,38H,1,8-23H2,2-7H3;1H/t25-,26+,27-,28+,29-,30+,33-,34+,35+,36-;/m0./s1. The van der Waals surface area contributed by atoms with E-state index in [2.05, 4.69) is 53.0 Å². The van der Waals surface area contributed by atoms with Crippen molar-refractivity contribution >= 4 is 18.4 Å². The van der Waals surface area contributed by atoms with Crippen molar-refractivity contribution in [1.82, 2.24) is 4.90 Å². The number of carbonyl (C=O) groups is 1. The van der Waals surface area contributed by atoms with E-state index in [0.717, 1.165) is 58.2 Å². The Bertz CT molecular complexity index is 1020. The highest BCUT2D eigenvalue weighted by atomic mass is 35.5. The smallest absolute Gasteiger partial charge is 0.312 e. The SMILES string of the molecule is C=C(C)[C@@H]1CC[C@]2(C(=O)OCCN3CCCC3)CC[C@]3(C)[C@H](CC[C@@H]4[C@@]5(C)CC[C@H](O)C(C)(C)[C@@H]5CC[C@]43C)[C@@H]12.Cl. The third kappa shape index (κ3) is 4.45. The number of allylic oxidation sites excluding steroid dienone is 1. The van der Waals surface area contributed by atoms with Crippen molar-refractivity contribution < 1.29 is 14.6 Å². The average Bonchev–Trinajstić information content (AvgIpc) is 3.56. The molecular weight excluding hydrogens is 530 g/mol. The first kappa shape index (κ1) is 31.8. The molecule has 10 atom stereocenters. The summed E-state index contributed by atoms with van der Waals surface area (Å²) in [7, 11) is 0. The Labute approximate surface area is 257 Å². The second kappa shape index (κ2) is 10.8. The number of halogens is 1. The largest absolute Gasteiger partial charge is 0.464 e. The molecule has 0 aromatic carbocycles. The minimum atomic E-state index is -0.319. The van der Waals surface area contributed by atoms with Crippen LogP contribution in [0.15, 0.2) is 12.2 Å². The van der Waals surface area contributed by atoms with Crippen molar-refractivity contribution in [2.75, 3.05) is 26.2 Å². The summed E-state index contributed by atoms with van der Waals surface area (Å²) in [6, 6.07) is 0. The van der Waals surface area contributed by atoms with Gasteiger partial charge < -0.3 is 9.84 Å². The molecule has 0 bridgehead atoms. The molecule has 5 heteroatoms. The molecule has 234 valence electrons. The van der Waals surface area contributed by atoms with Crippen molar-refractivity contribution in [2.45, 2.75) is 125 Å². The summed E-state index contributed by atoms with van der Waals surface area (Å²) in [5, 5.41) is 11.0. The molecule has 1 saturated heterocycles. The van der Waals surface area contributed by atoms with E-state index in [4.69, 9.17) is 4.74 Å². The van der Waals surface area contributed by atoms with Gasteiger partial charge >= 0.3 is 5.97 Å². The van der Waals surface area contributed by atoms with E-state index >= 15 is 0 Å². The number of carbonyl (C=O) groups excluding carboxylic acids is 1. The lowest BCUT2D eigenvalue weighted by atomic mass is 9.32. The lowest BCUT2D eigenvalue weighted by molar-refractivity contribution is -0.248. The van der Waals surface area contributed by atoms with Gasteiger partial charge in [0.1, 0.15) is 6.61 Å². The molecule has 5 saturated carbocycles. The molecule has 6 fully saturated rings. The molecule has 0 amide bonds. The highest BCUT2D eigenvalue weighted by Gasteiger charge is 2.72. The first-order chi connectivity index (χ1) is 18.8. The van der Waals surface area contributed by atoms with Crippen LogP contribution in [0.25, 0.3) is 0 Å². The number of likely N-dealkylation sites (tertiary alicyclic amines) is 1. The van der Waals surface area contributed by atoms with Crippen LogP contribution in [-0.4, -0.2) is 48.3 Å². The molecule has 6 rings (SSSR count). The van der Waals surface area contributed by atoms with Gasteiger partial charge in [0.15, 0.2) is 0 Å². The highest BCUT2D eigenvalue weighted by Crippen LogP contribution is 2.77. The minimum Gasteiger partial charge on any atom is -0.464 e. The molecule has 6 aliphatic rings. The van der Waals surface area contributed by atoms with Crippen LogP contribution >= 0.6 is 12.4 Å². The molecule has 5 aliphatic carbocycles. The van der Waals surface area contributed by atoms with Crippen molar-refractivity contribution in [3.63, 3.8) is 0 Å². The lowest BCUT2D eigenvalue weighted by Gasteiger charge is -2.72. The fourth-order valence-electron chi connectivity index (χ4n) is 12.9. The van der Waals surface area contributed by atoms with E-state index in [1.165, 1.54) is 44.1 Å². The van der Waals surface area contributed by atoms with Crippen LogP contribution in [0.2, 0.25) is 0 Å². The van der Waals surface area contributed by atoms with Gasteiger partial charge in [-0.2, -0.15) is 0 Å². The van der Waals surface area contributed by atoms with E-state index in [-0.39, 0.29) is 51.6 Å². The van der Waals surface area contributed by atoms with Crippen LogP contribution in [0.3, 0.4) is 0 Å². The monoisotopic (exact) mass is 589 g/mol. The summed E-state index contributed by atoms with van der Waals surface area (Å²) < 4.78 is 6.21. The van der Waals surface area contributed by atoms with Crippen LogP contribution in [-0.2, 0) is 9.53 Å². The minimum absolute atomic E-state index is 0. The number of hydrogen-bond donors (Lipinski definition) is 1. The molecule has 1 aliphatic heterocycles. The van der Waals surface area contributed by atoms with Crippen molar-refractivity contribution in [3.8, 4) is 0 Å². The van der Waals surface area contributed by atoms with Gasteiger partial charge in [0.05, 0.1) is 11.5 Å². The highest BCUT2D eigenvalue weighted by molar-refractivity contribution is 5.85. The van der Waals surface area contributed by atoms with E-state index in [0.29, 0.717) is 36.2 Å². The number of ether oxygens (including phenoxy) is 1. The van der Waals surface area contributed by atoms with Crippen molar-refractivity contribution in [3.05, 3.63) is 12.2 Å². The molecule has 0 unspecified atom stereocenters. The molecule has 4 nitrogen and oxygen atoms in total. The van der Waals surface area contributed by atoms with Crippen LogP contribution < -0.4 is 0 Å². The number of fused-ring (bicyclic) bond motifs is 7. The van der Waals surface area contributed by atoms with E-state index in [1.54, 1.807) is 0 Å². The van der Waals surface area contributed by atoms with E-state index < -0.39 is 0 Å². The zero-order chi connectivity index (χ0) is 28.7. The van der Waals surface area contributed by atoms with E-state index in [1.807, 2.05) is 0 Å². The number of aliphatic hydroxyl groups excluding tert-OH is 1. The number of aliphatic hydroxyl groups is 1. The maximum Gasteiger partial charge on any atom is 0.312 e. The quantitative estimate of drug-likeness (QED) is 0.260. The van der Waals surface area contributed by atoms with Crippen LogP contribution in [0, 0.1) is 56.7 Å². The normalized spacial score (nSPS) is 48.7. The lowest BCUT2D eigenvalue weighted by Crippen LogP contribution is -2.67. The maximum absolute atomic E-state index is 14.1. The number of hydrogen-bond acceptors (Lipinski definition) is 4. The number of rotatable bonds is 5. The first-order valence-electron chi connectivity index (χ1n) is 17.0. The zero-order valence-corrected chi connectivity index (χ0v) is 27.9. The van der Waals surface area contributed by atoms with Gasteiger partial charge in [-0.15, -0.1) is 12.4 Å². The van der Waals surface area contributed by atoms with Gasteiger partial charge in [0.2, 0.25) is 0 Å². The third-order valence-electron chi connectivity index (χ3n) is 15.3. The third-order valence-corrected chi connectivity index (χ3v) is 15.3. The molecule has 41 heavy (non-hydrogen) atoms. The Hall–Kier alpha value is -0.580. The summed E-state index contributed by atoms with van der Waals surface area (Å²) >= 11 is 0. The van der Waals surface area contributed by atoms with Crippen LogP contribution in [0.4, 0.5) is 0 Å². The van der Waals surface area contributed by atoms with Crippen LogP contribution in [0.5, 0.6) is 0 Å². The summed E-state index contributed by atoms with van der Waals surface area (Å²) in [6.45, 7) is 23.1. The van der Waals surface area contributed by atoms with Gasteiger partial charge in [-0.05, 0) is 148 Å². The average molecular weight is 590 g/mol. The second-order valence-electron chi connectivity index (χ2n) is 16.9. The van der Waals surface area contributed by atoms with Crippen molar-refractivity contribution in [2.24, 2.45) is 56.7 Å². The molecule has 0 spiro atoms. The Balaban J connectivity index is 0.00000337. The molecule has 1 N–H and O–H groups in total. The first-order valence-corrected chi connectivity index (χ1v) is 17.0. The van der Waals surface area contributed by atoms with Crippen molar-refractivity contribution in [1.29, 1.82) is 0 Å². The van der Waals surface area contributed by atoms with Gasteiger partial charge in [0.25, 0.3) is 0 Å². The summed E-state index contributed by atoms with van der Waals surface area (Å²) in [4.78, 5) is 16.6. The predicted molar refractivity (Wildman–Crippen MR) is 169 cm³/mol. The molecular formula is C36H60ClNO3. The topological polar surface area (TPSA) is 49.8 Å². The van der Waals surface area contributed by atoms with Gasteiger partial charge in [-0.3, -0.25) is 9.69 Å². The van der Waals surface area contributed by atoms with Gasteiger partial charge in [0, 0.05) is 6.54 Å². The summed E-state index contributed by atoms with van der Waals surface area (Å²) in [5.41, 5.74) is 1.74. The summed E-state index contributed by atoms with van der Waals surface area (Å²) in [5.74, 6) is 2.76. The molecule has 1 heterocycles. The molecule has 0 aromatic heterocycles. The number of esters is 1. The number of nitrogens with zero attached hydrogens (tertiary/aromatic N) is 1. The Kier molecular flexibility index (Phi) is 8.38. The van der Waals surface area contributed by atoms with E-state index in [9.17, 15) is 9.90 Å². The Morgan fingerprint density at radius 1 is 0.878 bits per heavy atom. The second-order valence-corrected chi connectivity index (χ2v) is 16.9. The summed E-state index contributed by atoms with van der Waals surface area (Å²) in [6.07, 6.45) is 13.7. The predicted octanol–water partition coefficient (Wildman–Crippen LogP) is 8.07. The zero-order valence-electron chi connectivity index (χ0n) is 27.1. The Morgan fingerprint density at radius 2 is 1.59 bits per heavy atom. The maximum atomic E-state index is 14.1. The molecule has 0 radical (unpaired) electrons. The fraction of sp³-hybridized carbons (Fsp3) is 0.917. The van der Waals surface area contributed by atoms with Gasteiger partial charge in [-0.1, -0.05) is 46.8 Å². The molecule has 0 aromatic rings. The van der Waals surface area contributed by atoms with Crippen LogP contribution in [0.1, 0.15) is 119 Å². The fourth-order valence-corrected chi connectivity index (χ4v) is 12.9. The van der Waals surface area contributed by atoms with Gasteiger partial charge in [-0.25, -0.2) is 0 Å².